The molecule has 4 nitrogen and oxygen atoms in total. The number of benzene rings is 2. The number of aromatic carboxylic acids is 1. The van der Waals surface area contributed by atoms with Gasteiger partial charge < -0.3 is 10.1 Å². The number of fused-ring (bicyclic) bond motifs is 1. The molecule has 0 radical (unpaired) electrons. The zero-order chi connectivity index (χ0) is 13.2. The molecule has 0 aliphatic carbocycles. The average Bonchev–Trinajstić information content (AvgIpc) is 2.87. The molecule has 0 saturated heterocycles. The maximum absolute atomic E-state index is 10.8. The molecular weight excluding hydrogens is 240 g/mol. The largest absolute Gasteiger partial charge is 0.478 e. The van der Waals surface area contributed by atoms with Gasteiger partial charge in [0.25, 0.3) is 0 Å². The molecule has 0 bridgehead atoms. The molecule has 94 valence electrons. The summed E-state index contributed by atoms with van der Waals surface area (Å²) in [6, 6.07) is 13.0. The summed E-state index contributed by atoms with van der Waals surface area (Å²) in [5.41, 5.74) is 4.53. The van der Waals surface area contributed by atoms with Crippen LogP contribution in [-0.4, -0.2) is 21.0 Å². The Hall–Kier alpha value is -2.62. The number of carboxylic acids is 1. The average molecular weight is 252 g/mol. The van der Waals surface area contributed by atoms with Gasteiger partial charge in [-0.05, 0) is 41.8 Å². The van der Waals surface area contributed by atoms with Crippen LogP contribution in [0, 0.1) is 0 Å². The van der Waals surface area contributed by atoms with Gasteiger partial charge in [0.2, 0.25) is 0 Å². The number of nitrogens with one attached hydrogen (secondary N) is 1. The number of rotatable bonds is 3. The van der Waals surface area contributed by atoms with Gasteiger partial charge in [-0.3, -0.25) is 0 Å². The topological polar surface area (TPSA) is 66.0 Å². The first kappa shape index (κ1) is 11.5. The number of imidazole rings is 1. The van der Waals surface area contributed by atoms with Gasteiger partial charge in [-0.15, -0.1) is 0 Å². The van der Waals surface area contributed by atoms with Crippen molar-refractivity contribution in [2.75, 3.05) is 0 Å². The standard InChI is InChI=1S/C15H12N2O2/c18-15(19)12-4-1-10(2-5-12)7-11-3-6-13-14(8-11)17-9-16-13/h1-6,8-9H,7H2,(H,16,17)(H,18,19). The highest BCUT2D eigenvalue weighted by molar-refractivity contribution is 5.87. The number of carboxylic acid groups (broad SMARTS) is 1. The molecule has 0 saturated carbocycles. The third-order valence-corrected chi connectivity index (χ3v) is 3.09. The lowest BCUT2D eigenvalue weighted by atomic mass is 10.0. The zero-order valence-electron chi connectivity index (χ0n) is 10.1. The number of aromatic amines is 1. The summed E-state index contributed by atoms with van der Waals surface area (Å²) in [7, 11) is 0. The van der Waals surface area contributed by atoms with Crippen molar-refractivity contribution < 1.29 is 9.90 Å². The predicted molar refractivity (Wildman–Crippen MR) is 72.3 cm³/mol. The van der Waals surface area contributed by atoms with E-state index in [2.05, 4.69) is 16.0 Å². The fraction of sp³-hybridized carbons (Fsp3) is 0.0667. The van der Waals surface area contributed by atoms with E-state index in [0.29, 0.717) is 5.56 Å². The second-order valence-corrected chi connectivity index (χ2v) is 4.43. The van der Waals surface area contributed by atoms with Gasteiger partial charge in [0.15, 0.2) is 0 Å². The maximum atomic E-state index is 10.8. The summed E-state index contributed by atoms with van der Waals surface area (Å²) in [4.78, 5) is 18.0. The minimum Gasteiger partial charge on any atom is -0.478 e. The van der Waals surface area contributed by atoms with E-state index < -0.39 is 5.97 Å². The van der Waals surface area contributed by atoms with Crippen molar-refractivity contribution in [3.8, 4) is 0 Å². The normalized spacial score (nSPS) is 10.7. The van der Waals surface area contributed by atoms with Crippen LogP contribution in [0.15, 0.2) is 48.8 Å². The van der Waals surface area contributed by atoms with Crippen molar-refractivity contribution in [2.24, 2.45) is 0 Å². The number of hydrogen-bond acceptors (Lipinski definition) is 2. The molecule has 2 aromatic carbocycles. The summed E-state index contributed by atoms with van der Waals surface area (Å²) in [6.07, 6.45) is 2.45. The summed E-state index contributed by atoms with van der Waals surface area (Å²) in [5, 5.41) is 8.85. The van der Waals surface area contributed by atoms with Gasteiger partial charge in [-0.1, -0.05) is 18.2 Å². The fourth-order valence-electron chi connectivity index (χ4n) is 2.09. The predicted octanol–water partition coefficient (Wildman–Crippen LogP) is 2.85. The van der Waals surface area contributed by atoms with E-state index in [1.165, 1.54) is 5.56 Å². The SMILES string of the molecule is O=C(O)c1ccc(Cc2ccc3nc[nH]c3c2)cc1. The second kappa shape index (κ2) is 4.57. The van der Waals surface area contributed by atoms with Crippen molar-refractivity contribution in [3.63, 3.8) is 0 Å². The van der Waals surface area contributed by atoms with Gasteiger partial charge in [-0.25, -0.2) is 9.78 Å². The van der Waals surface area contributed by atoms with Crippen LogP contribution in [0.3, 0.4) is 0 Å². The first-order chi connectivity index (χ1) is 9.22. The molecule has 0 aliphatic rings. The van der Waals surface area contributed by atoms with Crippen molar-refractivity contribution >= 4 is 17.0 Å². The minimum absolute atomic E-state index is 0.313. The minimum atomic E-state index is -0.898. The summed E-state index contributed by atoms with van der Waals surface area (Å²) in [6.45, 7) is 0. The third kappa shape index (κ3) is 2.33. The smallest absolute Gasteiger partial charge is 0.335 e. The van der Waals surface area contributed by atoms with E-state index in [1.807, 2.05) is 24.3 Å². The number of nitrogens with zero attached hydrogens (tertiary/aromatic N) is 1. The van der Waals surface area contributed by atoms with Crippen molar-refractivity contribution in [1.29, 1.82) is 0 Å². The molecular formula is C15H12N2O2. The molecule has 0 amide bonds. The summed E-state index contributed by atoms with van der Waals surface area (Å²) in [5.74, 6) is -0.898. The number of H-pyrrole nitrogens is 1. The van der Waals surface area contributed by atoms with E-state index in [-0.39, 0.29) is 0 Å². The van der Waals surface area contributed by atoms with Gasteiger partial charge in [-0.2, -0.15) is 0 Å². The Kier molecular flexibility index (Phi) is 2.76. The quantitative estimate of drug-likeness (QED) is 0.753. The highest BCUT2D eigenvalue weighted by Gasteiger charge is 2.03. The summed E-state index contributed by atoms with van der Waals surface area (Å²) < 4.78 is 0. The number of carbonyl (C=O) groups is 1. The second-order valence-electron chi connectivity index (χ2n) is 4.43. The van der Waals surface area contributed by atoms with Gasteiger partial charge in [0.05, 0.1) is 22.9 Å². The van der Waals surface area contributed by atoms with Crippen LogP contribution in [-0.2, 0) is 6.42 Å². The number of hydrogen-bond donors (Lipinski definition) is 2. The molecule has 0 atom stereocenters. The maximum Gasteiger partial charge on any atom is 0.335 e. The van der Waals surface area contributed by atoms with Crippen LogP contribution < -0.4 is 0 Å². The molecule has 3 aromatic rings. The molecule has 19 heavy (non-hydrogen) atoms. The van der Waals surface area contributed by atoms with Crippen LogP contribution in [0.4, 0.5) is 0 Å². The van der Waals surface area contributed by atoms with Crippen LogP contribution in [0.1, 0.15) is 21.5 Å². The fourth-order valence-corrected chi connectivity index (χ4v) is 2.09. The molecule has 0 unspecified atom stereocenters. The first-order valence-corrected chi connectivity index (χ1v) is 5.96. The summed E-state index contributed by atoms with van der Waals surface area (Å²) >= 11 is 0. The van der Waals surface area contributed by atoms with Crippen LogP contribution in [0.25, 0.3) is 11.0 Å². The van der Waals surface area contributed by atoms with E-state index >= 15 is 0 Å². The number of aromatic nitrogens is 2. The van der Waals surface area contributed by atoms with Crippen LogP contribution >= 0.6 is 0 Å². The van der Waals surface area contributed by atoms with Crippen molar-refractivity contribution in [3.05, 3.63) is 65.5 Å². The van der Waals surface area contributed by atoms with E-state index in [1.54, 1.807) is 18.5 Å². The van der Waals surface area contributed by atoms with Gasteiger partial charge in [0, 0.05) is 0 Å². The monoisotopic (exact) mass is 252 g/mol. The molecule has 0 aliphatic heterocycles. The Labute approximate surface area is 109 Å². The molecule has 4 heteroatoms. The Bertz CT molecular complexity index is 729. The van der Waals surface area contributed by atoms with Crippen LogP contribution in [0.5, 0.6) is 0 Å². The molecule has 2 N–H and O–H groups in total. The lowest BCUT2D eigenvalue weighted by molar-refractivity contribution is 0.0697. The Morgan fingerprint density at radius 3 is 2.58 bits per heavy atom. The molecule has 0 fully saturated rings. The molecule has 1 aromatic heterocycles. The van der Waals surface area contributed by atoms with E-state index in [4.69, 9.17) is 5.11 Å². The first-order valence-electron chi connectivity index (χ1n) is 5.96. The Morgan fingerprint density at radius 2 is 1.84 bits per heavy atom. The Balaban J connectivity index is 1.85. The highest BCUT2D eigenvalue weighted by atomic mass is 16.4. The lowest BCUT2D eigenvalue weighted by Crippen LogP contribution is -1.96. The van der Waals surface area contributed by atoms with Gasteiger partial charge in [0.1, 0.15) is 0 Å². The Morgan fingerprint density at radius 1 is 1.11 bits per heavy atom. The van der Waals surface area contributed by atoms with Crippen molar-refractivity contribution in [1.82, 2.24) is 9.97 Å². The van der Waals surface area contributed by atoms with E-state index in [9.17, 15) is 4.79 Å². The van der Waals surface area contributed by atoms with E-state index in [0.717, 1.165) is 23.0 Å². The lowest BCUT2D eigenvalue weighted by Gasteiger charge is -2.03. The molecule has 1 heterocycles. The third-order valence-electron chi connectivity index (χ3n) is 3.09. The zero-order valence-corrected chi connectivity index (χ0v) is 10.1. The highest BCUT2D eigenvalue weighted by Crippen LogP contribution is 2.15. The molecule has 3 rings (SSSR count). The van der Waals surface area contributed by atoms with Gasteiger partial charge >= 0.3 is 5.97 Å². The molecule has 0 spiro atoms. The van der Waals surface area contributed by atoms with Crippen LogP contribution in [0.2, 0.25) is 0 Å². The van der Waals surface area contributed by atoms with Crippen molar-refractivity contribution in [2.45, 2.75) is 6.42 Å².